The molecule has 0 spiro atoms. The normalized spacial score (nSPS) is 16.6. The number of ether oxygens (including phenoxy) is 2. The molecule has 0 bridgehead atoms. The van der Waals surface area contributed by atoms with Gasteiger partial charge in [-0.15, -0.1) is 0 Å². The third-order valence-corrected chi connectivity index (χ3v) is 6.22. The van der Waals surface area contributed by atoms with Gasteiger partial charge in [0.15, 0.2) is 0 Å². The summed E-state index contributed by atoms with van der Waals surface area (Å²) in [4.78, 5) is 21.9. The highest BCUT2D eigenvalue weighted by molar-refractivity contribution is 5.95. The summed E-state index contributed by atoms with van der Waals surface area (Å²) >= 11 is 0. The van der Waals surface area contributed by atoms with Gasteiger partial charge in [0.1, 0.15) is 17.1 Å². The maximum absolute atomic E-state index is 12.4. The number of hydrogen-bond acceptors (Lipinski definition) is 6. The number of carbonyl (C=O) groups is 1. The van der Waals surface area contributed by atoms with Crippen molar-refractivity contribution < 1.29 is 14.3 Å². The Morgan fingerprint density at radius 3 is 2.76 bits per heavy atom. The molecule has 6 heteroatoms. The summed E-state index contributed by atoms with van der Waals surface area (Å²) in [5.74, 6) is 0.694. The lowest BCUT2D eigenvalue weighted by Crippen LogP contribution is -2.32. The monoisotopic (exact) mass is 453 g/mol. The van der Waals surface area contributed by atoms with Gasteiger partial charge >= 0.3 is 5.97 Å². The number of carbonyl (C=O) groups excluding carboxylic acids is 1. The number of aliphatic imine (C=N–C) groups is 1. The van der Waals surface area contributed by atoms with Gasteiger partial charge in [-0.05, 0) is 70.4 Å². The molecule has 180 valence electrons. The summed E-state index contributed by atoms with van der Waals surface area (Å²) < 4.78 is 11.6. The first kappa shape index (κ1) is 25.2. The summed E-state index contributed by atoms with van der Waals surface area (Å²) in [6.45, 7) is 9.26. The van der Waals surface area contributed by atoms with Gasteiger partial charge in [0.25, 0.3) is 0 Å². The van der Waals surface area contributed by atoms with E-state index < -0.39 is 5.60 Å². The van der Waals surface area contributed by atoms with Crippen molar-refractivity contribution in [3.63, 3.8) is 0 Å². The number of unbranched alkanes of at least 4 members (excludes halogenated alkanes) is 2. The number of aryl methyl sites for hydroxylation is 1. The molecule has 1 aliphatic heterocycles. The highest BCUT2D eigenvalue weighted by Crippen LogP contribution is 2.38. The third-order valence-electron chi connectivity index (χ3n) is 6.22. The number of nitrogens with zero attached hydrogens (tertiary/aromatic N) is 2. The van der Waals surface area contributed by atoms with Crippen LogP contribution >= 0.6 is 0 Å². The van der Waals surface area contributed by atoms with Crippen LogP contribution in [0.15, 0.2) is 29.3 Å². The molecule has 2 aromatic rings. The van der Waals surface area contributed by atoms with Crippen LogP contribution in [0.1, 0.15) is 78.2 Å². The summed E-state index contributed by atoms with van der Waals surface area (Å²) in [7, 11) is 0. The minimum absolute atomic E-state index is 0.0994. The molecule has 0 saturated heterocycles. The highest BCUT2D eigenvalue weighted by atomic mass is 16.6. The zero-order valence-corrected chi connectivity index (χ0v) is 20.7. The van der Waals surface area contributed by atoms with Crippen molar-refractivity contribution in [2.45, 2.75) is 84.7 Å². The molecule has 1 aromatic carbocycles. The van der Waals surface area contributed by atoms with E-state index in [4.69, 9.17) is 20.2 Å². The van der Waals surface area contributed by atoms with E-state index in [9.17, 15) is 4.79 Å². The molecule has 6 nitrogen and oxygen atoms in total. The van der Waals surface area contributed by atoms with Crippen LogP contribution in [0.25, 0.3) is 10.9 Å². The van der Waals surface area contributed by atoms with Crippen molar-refractivity contribution in [2.24, 2.45) is 10.9 Å². The Hall–Kier alpha value is -2.47. The maximum Gasteiger partial charge on any atom is 0.306 e. The Morgan fingerprint density at radius 2 is 2.00 bits per heavy atom. The van der Waals surface area contributed by atoms with Crippen LogP contribution < -0.4 is 5.73 Å². The number of nitrogen functional groups attached to an aromatic ring is 1. The first-order chi connectivity index (χ1) is 15.8. The number of fused-ring (bicyclic) bond motifs is 3. The van der Waals surface area contributed by atoms with Crippen molar-refractivity contribution in [1.29, 1.82) is 0 Å². The molecule has 0 fully saturated rings. The fourth-order valence-corrected chi connectivity index (χ4v) is 4.76. The topological polar surface area (TPSA) is 86.8 Å². The Kier molecular flexibility index (Phi) is 8.84. The lowest BCUT2D eigenvalue weighted by Gasteiger charge is -2.31. The Balaban J connectivity index is 1.83. The molecule has 2 N–H and O–H groups in total. The average molecular weight is 454 g/mol. The van der Waals surface area contributed by atoms with Crippen LogP contribution in [0.3, 0.4) is 0 Å². The van der Waals surface area contributed by atoms with Crippen molar-refractivity contribution in [1.82, 2.24) is 4.98 Å². The van der Waals surface area contributed by atoms with Crippen molar-refractivity contribution in [2.75, 3.05) is 18.9 Å². The number of anilines is 1. The van der Waals surface area contributed by atoms with Gasteiger partial charge in [-0.1, -0.05) is 38.0 Å². The number of para-hydroxylation sites is 1. The Bertz CT molecular complexity index is 984. The molecule has 33 heavy (non-hydrogen) atoms. The number of nitrogens with two attached hydrogens (primary N) is 1. The summed E-state index contributed by atoms with van der Waals surface area (Å²) in [6.07, 6.45) is 6.93. The van der Waals surface area contributed by atoms with E-state index in [1.807, 2.05) is 39.0 Å². The number of benzene rings is 1. The van der Waals surface area contributed by atoms with Crippen LogP contribution in [-0.2, 0) is 20.7 Å². The number of esters is 1. The zero-order valence-electron chi connectivity index (χ0n) is 20.7. The van der Waals surface area contributed by atoms with Gasteiger partial charge in [-0.2, -0.15) is 0 Å². The second-order valence-corrected chi connectivity index (χ2v) is 9.66. The smallest absolute Gasteiger partial charge is 0.306 e. The number of hydrogen-bond donors (Lipinski definition) is 1. The van der Waals surface area contributed by atoms with Crippen LogP contribution in [-0.4, -0.2) is 35.5 Å². The fraction of sp³-hybridized carbons (Fsp3) is 0.593. The minimum atomic E-state index is -0.522. The molecule has 0 aliphatic carbocycles. The van der Waals surface area contributed by atoms with Crippen LogP contribution in [0.2, 0.25) is 0 Å². The molecule has 2 heterocycles. The van der Waals surface area contributed by atoms with Crippen molar-refractivity contribution in [3.05, 3.63) is 29.8 Å². The molecule has 3 rings (SSSR count). The van der Waals surface area contributed by atoms with Gasteiger partial charge in [-0.25, -0.2) is 4.98 Å². The SMILES string of the molecule is CCCCCC(=O)OC(C)(C)CC1CCc2c(c(N)nc3ccccc23)N=C(COCC)C1. The average Bonchev–Trinajstić information content (AvgIpc) is 2.74. The number of aromatic nitrogens is 1. The molecule has 0 saturated carbocycles. The van der Waals surface area contributed by atoms with E-state index >= 15 is 0 Å². The molecular formula is C27H39N3O3. The lowest BCUT2D eigenvalue weighted by molar-refractivity contribution is -0.158. The van der Waals surface area contributed by atoms with E-state index in [0.29, 0.717) is 31.4 Å². The maximum atomic E-state index is 12.4. The predicted molar refractivity (Wildman–Crippen MR) is 135 cm³/mol. The number of pyridine rings is 1. The summed E-state index contributed by atoms with van der Waals surface area (Å²) in [5, 5.41) is 1.10. The summed E-state index contributed by atoms with van der Waals surface area (Å²) in [6, 6.07) is 8.10. The first-order valence-corrected chi connectivity index (χ1v) is 12.4. The zero-order chi connectivity index (χ0) is 23.8. The van der Waals surface area contributed by atoms with Crippen molar-refractivity contribution in [3.8, 4) is 0 Å². The van der Waals surface area contributed by atoms with E-state index in [2.05, 4.69) is 18.0 Å². The molecular weight excluding hydrogens is 414 g/mol. The van der Waals surface area contributed by atoms with Gasteiger partial charge in [0.2, 0.25) is 0 Å². The highest BCUT2D eigenvalue weighted by Gasteiger charge is 2.29. The summed E-state index contributed by atoms with van der Waals surface area (Å²) in [5.41, 5.74) is 9.61. The van der Waals surface area contributed by atoms with Crippen LogP contribution in [0, 0.1) is 5.92 Å². The lowest BCUT2D eigenvalue weighted by atomic mass is 9.83. The molecule has 1 aliphatic rings. The van der Waals surface area contributed by atoms with E-state index in [1.54, 1.807) is 0 Å². The standard InChI is InChI=1S/C27H39N3O3/c1-5-7-8-13-24(31)33-27(3,4)17-19-14-15-22-21-11-9-10-12-23(21)30-26(28)25(22)29-20(16-19)18-32-6-2/h9-12,19H,5-8,13-18H2,1-4H3,(H2,28,30). The Labute approximate surface area is 198 Å². The van der Waals surface area contributed by atoms with Gasteiger partial charge in [-0.3, -0.25) is 9.79 Å². The third kappa shape index (κ3) is 7.00. The van der Waals surface area contributed by atoms with Crippen molar-refractivity contribution >= 4 is 34.1 Å². The first-order valence-electron chi connectivity index (χ1n) is 12.4. The minimum Gasteiger partial charge on any atom is -0.460 e. The molecule has 1 aromatic heterocycles. The van der Waals surface area contributed by atoms with E-state index in [-0.39, 0.29) is 5.97 Å². The quantitative estimate of drug-likeness (QED) is 0.343. The van der Waals surface area contributed by atoms with E-state index in [0.717, 1.165) is 72.8 Å². The predicted octanol–water partition coefficient (Wildman–Crippen LogP) is 6.17. The van der Waals surface area contributed by atoms with Gasteiger partial charge in [0, 0.05) is 24.1 Å². The fourth-order valence-electron chi connectivity index (χ4n) is 4.76. The van der Waals surface area contributed by atoms with Gasteiger partial charge < -0.3 is 15.2 Å². The second kappa shape index (κ2) is 11.6. The van der Waals surface area contributed by atoms with Gasteiger partial charge in [0.05, 0.1) is 12.1 Å². The van der Waals surface area contributed by atoms with Crippen LogP contribution in [0.5, 0.6) is 0 Å². The molecule has 1 atom stereocenters. The second-order valence-electron chi connectivity index (χ2n) is 9.66. The largest absolute Gasteiger partial charge is 0.460 e. The Morgan fingerprint density at radius 1 is 1.21 bits per heavy atom. The van der Waals surface area contributed by atoms with E-state index in [1.165, 1.54) is 0 Å². The van der Waals surface area contributed by atoms with Crippen LogP contribution in [0.4, 0.5) is 11.5 Å². The number of rotatable bonds is 10. The molecule has 0 amide bonds. The molecule has 1 unspecified atom stereocenters. The molecule has 0 radical (unpaired) electrons.